The second-order valence-electron chi connectivity index (χ2n) is 4.96. The van der Waals surface area contributed by atoms with Gasteiger partial charge < -0.3 is 0 Å². The van der Waals surface area contributed by atoms with Crippen molar-refractivity contribution in [3.8, 4) is 0 Å². The van der Waals surface area contributed by atoms with Gasteiger partial charge in [-0.25, -0.2) is 4.31 Å². The number of piperidine rings is 1. The van der Waals surface area contributed by atoms with Crippen LogP contribution in [0.5, 0.6) is 0 Å². The Hall–Kier alpha value is -0.470. The van der Waals surface area contributed by atoms with Gasteiger partial charge in [0.1, 0.15) is 0 Å². The first-order valence-corrected chi connectivity index (χ1v) is 6.95. The first-order valence-electron chi connectivity index (χ1n) is 6.18. The zero-order valence-corrected chi connectivity index (χ0v) is 11.1. The molecule has 0 aliphatic carbocycles. The first-order chi connectivity index (χ1) is 7.68. The molecule has 1 aromatic carbocycles. The van der Waals surface area contributed by atoms with Crippen LogP contribution in [0.4, 0.5) is 0 Å². The summed E-state index contributed by atoms with van der Waals surface area (Å²) < 4.78 is 2.73. The van der Waals surface area contributed by atoms with Gasteiger partial charge in [-0.2, -0.15) is 0 Å². The lowest BCUT2D eigenvalue weighted by Gasteiger charge is -2.34. The Bertz CT molecular complexity index is 315. The third-order valence-corrected chi connectivity index (χ3v) is 4.46. The topological polar surface area (TPSA) is 3.24 Å². The minimum absolute atomic E-state index is 0.193. The minimum atomic E-state index is 0.193. The Morgan fingerprint density at radius 1 is 1.00 bits per heavy atom. The summed E-state index contributed by atoms with van der Waals surface area (Å²) in [5.41, 5.74) is 1.42. The second kappa shape index (κ2) is 5.24. The molecule has 1 fully saturated rings. The zero-order valence-electron chi connectivity index (χ0n) is 10.3. The SMILES string of the molecule is CC(C)(SN1CCCCC1)c1ccccc1. The smallest absolute Gasteiger partial charge is 0.0498 e. The van der Waals surface area contributed by atoms with E-state index in [1.165, 1.54) is 37.9 Å². The van der Waals surface area contributed by atoms with Crippen LogP contribution in [-0.4, -0.2) is 17.4 Å². The molecule has 0 saturated carbocycles. The lowest BCUT2D eigenvalue weighted by atomic mass is 10.0. The number of nitrogens with zero attached hydrogens (tertiary/aromatic N) is 1. The molecule has 2 heteroatoms. The quantitative estimate of drug-likeness (QED) is 0.727. The van der Waals surface area contributed by atoms with Gasteiger partial charge in [0, 0.05) is 17.8 Å². The molecule has 1 nitrogen and oxygen atoms in total. The number of hydrogen-bond acceptors (Lipinski definition) is 2. The fourth-order valence-corrected chi connectivity index (χ4v) is 3.50. The summed E-state index contributed by atoms with van der Waals surface area (Å²) in [6.07, 6.45) is 4.12. The van der Waals surface area contributed by atoms with Gasteiger partial charge in [-0.3, -0.25) is 0 Å². The van der Waals surface area contributed by atoms with Gasteiger partial charge in [-0.15, -0.1) is 0 Å². The molecule has 16 heavy (non-hydrogen) atoms. The van der Waals surface area contributed by atoms with Crippen molar-refractivity contribution < 1.29 is 0 Å². The van der Waals surface area contributed by atoms with Crippen molar-refractivity contribution in [3.63, 3.8) is 0 Å². The van der Waals surface area contributed by atoms with Crippen molar-refractivity contribution in [3.05, 3.63) is 35.9 Å². The summed E-state index contributed by atoms with van der Waals surface area (Å²) in [5.74, 6) is 0. The Labute approximate surface area is 103 Å². The second-order valence-corrected chi connectivity index (χ2v) is 6.68. The third kappa shape index (κ3) is 3.02. The molecular formula is C14H21NS. The highest BCUT2D eigenvalue weighted by Gasteiger charge is 2.25. The van der Waals surface area contributed by atoms with E-state index in [2.05, 4.69) is 48.5 Å². The van der Waals surface area contributed by atoms with Crippen molar-refractivity contribution in [1.29, 1.82) is 0 Å². The molecule has 1 aromatic rings. The van der Waals surface area contributed by atoms with Gasteiger partial charge >= 0.3 is 0 Å². The van der Waals surface area contributed by atoms with Crippen molar-refractivity contribution >= 4 is 11.9 Å². The predicted molar refractivity (Wildman–Crippen MR) is 72.5 cm³/mol. The van der Waals surface area contributed by atoms with Gasteiger partial charge in [0.05, 0.1) is 0 Å². The largest absolute Gasteiger partial charge is 0.250 e. The summed E-state index contributed by atoms with van der Waals surface area (Å²) in [6.45, 7) is 7.14. The average molecular weight is 235 g/mol. The van der Waals surface area contributed by atoms with Crippen LogP contribution in [0.3, 0.4) is 0 Å². The highest BCUT2D eigenvalue weighted by molar-refractivity contribution is 7.97. The lowest BCUT2D eigenvalue weighted by Crippen LogP contribution is -2.28. The average Bonchev–Trinajstić information content (AvgIpc) is 2.31. The van der Waals surface area contributed by atoms with E-state index in [0.717, 1.165) is 0 Å². The normalized spacial score (nSPS) is 18.6. The molecule has 0 radical (unpaired) electrons. The van der Waals surface area contributed by atoms with E-state index in [4.69, 9.17) is 0 Å². The highest BCUT2D eigenvalue weighted by atomic mass is 32.2. The molecule has 0 amide bonds. The minimum Gasteiger partial charge on any atom is -0.250 e. The molecule has 0 atom stereocenters. The van der Waals surface area contributed by atoms with E-state index in [0.29, 0.717) is 0 Å². The maximum Gasteiger partial charge on any atom is 0.0498 e. The zero-order chi connectivity index (χ0) is 11.4. The summed E-state index contributed by atoms with van der Waals surface area (Å²) in [6, 6.07) is 10.8. The van der Waals surface area contributed by atoms with E-state index in [1.54, 1.807) is 0 Å². The van der Waals surface area contributed by atoms with Gasteiger partial charge in [0.15, 0.2) is 0 Å². The summed E-state index contributed by atoms with van der Waals surface area (Å²) >= 11 is 2.01. The highest BCUT2D eigenvalue weighted by Crippen LogP contribution is 2.38. The van der Waals surface area contributed by atoms with Gasteiger partial charge in [0.2, 0.25) is 0 Å². The van der Waals surface area contributed by atoms with E-state index in [9.17, 15) is 0 Å². The molecule has 2 rings (SSSR count). The van der Waals surface area contributed by atoms with Crippen LogP contribution in [0, 0.1) is 0 Å². The van der Waals surface area contributed by atoms with Crippen LogP contribution in [-0.2, 0) is 4.75 Å². The van der Waals surface area contributed by atoms with Crippen LogP contribution < -0.4 is 0 Å². The van der Waals surface area contributed by atoms with Crippen molar-refractivity contribution in [2.75, 3.05) is 13.1 Å². The summed E-state index contributed by atoms with van der Waals surface area (Å²) in [5, 5.41) is 0. The molecule has 0 spiro atoms. The van der Waals surface area contributed by atoms with E-state index in [-0.39, 0.29) is 4.75 Å². The molecule has 0 unspecified atom stereocenters. The predicted octanol–water partition coefficient (Wildman–Crippen LogP) is 4.06. The molecule has 0 N–H and O–H groups in total. The molecule has 1 aliphatic rings. The lowest BCUT2D eigenvalue weighted by molar-refractivity contribution is 0.375. The summed E-state index contributed by atoms with van der Waals surface area (Å²) in [4.78, 5) is 0. The number of benzene rings is 1. The maximum absolute atomic E-state index is 2.54. The molecule has 1 aliphatic heterocycles. The van der Waals surface area contributed by atoms with Gasteiger partial charge in [0.25, 0.3) is 0 Å². The monoisotopic (exact) mass is 235 g/mol. The Balaban J connectivity index is 2.01. The fourth-order valence-electron chi connectivity index (χ4n) is 2.17. The van der Waals surface area contributed by atoms with Crippen LogP contribution in [0.25, 0.3) is 0 Å². The van der Waals surface area contributed by atoms with Crippen LogP contribution >= 0.6 is 11.9 Å². The van der Waals surface area contributed by atoms with E-state index < -0.39 is 0 Å². The standard InChI is InChI=1S/C14H21NS/c1-14(2,13-9-5-3-6-10-13)16-15-11-7-4-8-12-15/h3,5-6,9-10H,4,7-8,11-12H2,1-2H3. The molecule has 1 saturated heterocycles. The number of rotatable bonds is 3. The molecule has 0 bridgehead atoms. The Kier molecular flexibility index (Phi) is 3.93. The van der Waals surface area contributed by atoms with E-state index >= 15 is 0 Å². The van der Waals surface area contributed by atoms with Crippen molar-refractivity contribution in [1.82, 2.24) is 4.31 Å². The third-order valence-electron chi connectivity index (χ3n) is 3.14. The van der Waals surface area contributed by atoms with Crippen LogP contribution in [0.2, 0.25) is 0 Å². The molecular weight excluding hydrogens is 214 g/mol. The maximum atomic E-state index is 2.54. The molecule has 88 valence electrons. The Morgan fingerprint density at radius 2 is 1.62 bits per heavy atom. The fraction of sp³-hybridized carbons (Fsp3) is 0.571. The molecule has 0 aromatic heterocycles. The summed E-state index contributed by atoms with van der Waals surface area (Å²) in [7, 11) is 0. The van der Waals surface area contributed by atoms with E-state index in [1.807, 2.05) is 11.9 Å². The van der Waals surface area contributed by atoms with Gasteiger partial charge in [-0.05, 0) is 32.3 Å². The van der Waals surface area contributed by atoms with Crippen LogP contribution in [0.1, 0.15) is 38.7 Å². The van der Waals surface area contributed by atoms with Crippen molar-refractivity contribution in [2.24, 2.45) is 0 Å². The van der Waals surface area contributed by atoms with Crippen LogP contribution in [0.15, 0.2) is 30.3 Å². The molecule has 1 heterocycles. The Morgan fingerprint density at radius 3 is 2.25 bits per heavy atom. The van der Waals surface area contributed by atoms with Gasteiger partial charge in [-0.1, -0.05) is 48.7 Å². The number of hydrogen-bond donors (Lipinski definition) is 0. The van der Waals surface area contributed by atoms with Crippen molar-refractivity contribution in [2.45, 2.75) is 37.9 Å². The first kappa shape index (κ1) is 12.0.